The van der Waals surface area contributed by atoms with Gasteiger partial charge in [-0.15, -0.1) is 0 Å². The van der Waals surface area contributed by atoms with Crippen LogP contribution in [0.15, 0.2) is 29.0 Å². The molecule has 0 atom stereocenters. The summed E-state index contributed by atoms with van der Waals surface area (Å²) < 4.78 is 0. The highest BCUT2D eigenvalue weighted by molar-refractivity contribution is 7.08. The molecule has 0 spiro atoms. The maximum atomic E-state index is 5.76. The van der Waals surface area contributed by atoms with Gasteiger partial charge in [-0.3, -0.25) is 0 Å². The van der Waals surface area contributed by atoms with Crippen molar-refractivity contribution in [2.45, 2.75) is 6.92 Å². The third kappa shape index (κ3) is 1.46. The summed E-state index contributed by atoms with van der Waals surface area (Å²) >= 11 is 1.70. The smallest absolute Gasteiger partial charge is 0.0554 e. The highest BCUT2D eigenvalue weighted by Gasteiger charge is 2.03. The lowest BCUT2D eigenvalue weighted by atomic mass is 10.0. The summed E-state index contributed by atoms with van der Waals surface area (Å²) in [5.41, 5.74) is 16.3. The lowest BCUT2D eigenvalue weighted by Gasteiger charge is -2.04. The Bertz CT molecular complexity index is 460. The molecule has 1 heterocycles. The largest absolute Gasteiger partial charge is 0.397 e. The first-order chi connectivity index (χ1) is 6.68. The van der Waals surface area contributed by atoms with Crippen molar-refractivity contribution >= 4 is 22.7 Å². The van der Waals surface area contributed by atoms with Gasteiger partial charge in [-0.1, -0.05) is 6.07 Å². The van der Waals surface area contributed by atoms with E-state index in [-0.39, 0.29) is 0 Å². The number of rotatable bonds is 1. The standard InChI is InChI=1S/C11H12N2S/c1-7-5-14-6-9(7)8-2-3-10(12)11(13)4-8/h2-6H,12-13H2,1H3. The Morgan fingerprint density at radius 1 is 1.07 bits per heavy atom. The zero-order chi connectivity index (χ0) is 10.1. The van der Waals surface area contributed by atoms with E-state index in [2.05, 4.69) is 17.7 Å². The number of thiophene rings is 1. The quantitative estimate of drug-likeness (QED) is 0.702. The molecule has 0 aliphatic rings. The second kappa shape index (κ2) is 3.35. The van der Waals surface area contributed by atoms with Crippen molar-refractivity contribution in [3.8, 4) is 11.1 Å². The van der Waals surface area contributed by atoms with Gasteiger partial charge in [-0.05, 0) is 46.5 Å². The summed E-state index contributed by atoms with van der Waals surface area (Å²) in [6, 6.07) is 5.77. The molecule has 0 saturated heterocycles. The third-order valence-electron chi connectivity index (χ3n) is 2.25. The lowest BCUT2D eigenvalue weighted by Crippen LogP contribution is -1.94. The van der Waals surface area contributed by atoms with Crippen LogP contribution in [0.1, 0.15) is 5.56 Å². The minimum atomic E-state index is 0.640. The molecule has 2 rings (SSSR count). The van der Waals surface area contributed by atoms with E-state index in [9.17, 15) is 0 Å². The predicted molar refractivity (Wildman–Crippen MR) is 63.3 cm³/mol. The second-order valence-corrected chi connectivity index (χ2v) is 4.06. The molecule has 3 heteroatoms. The molecular weight excluding hydrogens is 192 g/mol. The van der Waals surface area contributed by atoms with Gasteiger partial charge in [-0.2, -0.15) is 11.3 Å². The molecule has 0 radical (unpaired) electrons. The van der Waals surface area contributed by atoms with Gasteiger partial charge in [0.15, 0.2) is 0 Å². The van der Waals surface area contributed by atoms with E-state index in [0.29, 0.717) is 11.4 Å². The number of nitrogen functional groups attached to an aromatic ring is 2. The Morgan fingerprint density at radius 2 is 1.86 bits per heavy atom. The van der Waals surface area contributed by atoms with Crippen molar-refractivity contribution in [3.63, 3.8) is 0 Å². The van der Waals surface area contributed by atoms with Crippen LogP contribution in [0.2, 0.25) is 0 Å². The fourth-order valence-corrected chi connectivity index (χ4v) is 2.26. The van der Waals surface area contributed by atoms with Gasteiger partial charge < -0.3 is 11.5 Å². The molecule has 0 aliphatic heterocycles. The zero-order valence-electron chi connectivity index (χ0n) is 7.95. The molecule has 2 aromatic rings. The van der Waals surface area contributed by atoms with E-state index in [4.69, 9.17) is 11.5 Å². The number of hydrogen-bond donors (Lipinski definition) is 2. The Morgan fingerprint density at radius 3 is 2.43 bits per heavy atom. The van der Waals surface area contributed by atoms with E-state index < -0.39 is 0 Å². The monoisotopic (exact) mass is 204 g/mol. The van der Waals surface area contributed by atoms with Crippen molar-refractivity contribution in [1.29, 1.82) is 0 Å². The van der Waals surface area contributed by atoms with Gasteiger partial charge in [-0.25, -0.2) is 0 Å². The zero-order valence-corrected chi connectivity index (χ0v) is 8.77. The van der Waals surface area contributed by atoms with Crippen LogP contribution >= 0.6 is 11.3 Å². The molecule has 0 aliphatic carbocycles. The topological polar surface area (TPSA) is 52.0 Å². The lowest BCUT2D eigenvalue weighted by molar-refractivity contribution is 1.53. The van der Waals surface area contributed by atoms with Crippen LogP contribution in [0.3, 0.4) is 0 Å². The normalized spacial score (nSPS) is 10.4. The summed E-state index contributed by atoms with van der Waals surface area (Å²) in [5.74, 6) is 0. The number of aryl methyl sites for hydroxylation is 1. The molecule has 0 saturated carbocycles. The van der Waals surface area contributed by atoms with Gasteiger partial charge in [0, 0.05) is 0 Å². The molecule has 1 aromatic carbocycles. The van der Waals surface area contributed by atoms with Crippen LogP contribution in [-0.4, -0.2) is 0 Å². The van der Waals surface area contributed by atoms with Crippen LogP contribution in [0.5, 0.6) is 0 Å². The maximum Gasteiger partial charge on any atom is 0.0554 e. The predicted octanol–water partition coefficient (Wildman–Crippen LogP) is 2.89. The van der Waals surface area contributed by atoms with E-state index in [1.807, 2.05) is 18.2 Å². The van der Waals surface area contributed by atoms with Gasteiger partial charge in [0.1, 0.15) is 0 Å². The summed E-state index contributed by atoms with van der Waals surface area (Å²) in [6.45, 7) is 2.10. The Kier molecular flexibility index (Phi) is 2.17. The molecule has 72 valence electrons. The summed E-state index contributed by atoms with van der Waals surface area (Å²) in [7, 11) is 0. The highest BCUT2D eigenvalue weighted by Crippen LogP contribution is 2.29. The minimum Gasteiger partial charge on any atom is -0.397 e. The first kappa shape index (κ1) is 9.09. The second-order valence-electron chi connectivity index (χ2n) is 3.31. The molecule has 4 N–H and O–H groups in total. The van der Waals surface area contributed by atoms with Crippen LogP contribution in [0.25, 0.3) is 11.1 Å². The number of benzene rings is 1. The van der Waals surface area contributed by atoms with Crippen molar-refractivity contribution in [1.82, 2.24) is 0 Å². The molecule has 14 heavy (non-hydrogen) atoms. The molecule has 0 fully saturated rings. The maximum absolute atomic E-state index is 5.76. The highest BCUT2D eigenvalue weighted by atomic mass is 32.1. The SMILES string of the molecule is Cc1cscc1-c1ccc(N)c(N)c1. The Labute approximate surface area is 87.2 Å². The molecule has 2 nitrogen and oxygen atoms in total. The van der Waals surface area contributed by atoms with Gasteiger partial charge in [0.2, 0.25) is 0 Å². The van der Waals surface area contributed by atoms with Crippen LogP contribution < -0.4 is 11.5 Å². The number of hydrogen-bond acceptors (Lipinski definition) is 3. The van der Waals surface area contributed by atoms with Crippen molar-refractivity contribution < 1.29 is 0 Å². The number of nitrogens with two attached hydrogens (primary N) is 2. The Hall–Kier alpha value is -1.48. The van der Waals surface area contributed by atoms with E-state index in [0.717, 1.165) is 5.56 Å². The van der Waals surface area contributed by atoms with Crippen molar-refractivity contribution in [3.05, 3.63) is 34.5 Å². The summed E-state index contributed by atoms with van der Waals surface area (Å²) in [4.78, 5) is 0. The average molecular weight is 204 g/mol. The summed E-state index contributed by atoms with van der Waals surface area (Å²) in [5, 5.41) is 4.25. The number of anilines is 2. The van der Waals surface area contributed by atoms with E-state index in [1.165, 1.54) is 11.1 Å². The third-order valence-corrected chi connectivity index (χ3v) is 3.11. The van der Waals surface area contributed by atoms with Gasteiger partial charge >= 0.3 is 0 Å². The molecule has 0 unspecified atom stereocenters. The minimum absolute atomic E-state index is 0.640. The first-order valence-electron chi connectivity index (χ1n) is 4.36. The van der Waals surface area contributed by atoms with E-state index in [1.54, 1.807) is 11.3 Å². The molecular formula is C11H12N2S. The average Bonchev–Trinajstić information content (AvgIpc) is 2.57. The fraction of sp³-hybridized carbons (Fsp3) is 0.0909. The molecule has 0 amide bonds. The molecule has 1 aromatic heterocycles. The van der Waals surface area contributed by atoms with Crippen LogP contribution in [0, 0.1) is 6.92 Å². The van der Waals surface area contributed by atoms with Crippen molar-refractivity contribution in [2.75, 3.05) is 11.5 Å². The van der Waals surface area contributed by atoms with Crippen LogP contribution in [-0.2, 0) is 0 Å². The van der Waals surface area contributed by atoms with Crippen molar-refractivity contribution in [2.24, 2.45) is 0 Å². The van der Waals surface area contributed by atoms with Gasteiger partial charge in [0.05, 0.1) is 11.4 Å². The fourth-order valence-electron chi connectivity index (χ4n) is 1.40. The summed E-state index contributed by atoms with van der Waals surface area (Å²) in [6.07, 6.45) is 0. The van der Waals surface area contributed by atoms with Crippen LogP contribution in [0.4, 0.5) is 11.4 Å². The molecule has 0 bridgehead atoms. The van der Waals surface area contributed by atoms with Gasteiger partial charge in [0.25, 0.3) is 0 Å². The Balaban J connectivity index is 2.53. The first-order valence-corrected chi connectivity index (χ1v) is 5.31. The van der Waals surface area contributed by atoms with E-state index >= 15 is 0 Å².